The molecule has 2 heterocycles. The lowest BCUT2D eigenvalue weighted by Crippen LogP contribution is -2.49. The Kier molecular flexibility index (Phi) is 6.52. The molecule has 4 rings (SSSR count). The van der Waals surface area contributed by atoms with Crippen LogP contribution in [0.5, 0.6) is 0 Å². The summed E-state index contributed by atoms with van der Waals surface area (Å²) in [6.45, 7) is 5.67. The smallest absolute Gasteiger partial charge is 0.261 e. The number of nitrogens with one attached hydrogen (secondary N) is 1. The highest BCUT2D eigenvalue weighted by molar-refractivity contribution is 7.92. The molecule has 174 valence electrons. The van der Waals surface area contributed by atoms with Crippen LogP contribution in [0.25, 0.3) is 0 Å². The van der Waals surface area contributed by atoms with Crippen molar-refractivity contribution in [2.75, 3.05) is 35.8 Å². The number of aromatic nitrogens is 1. The van der Waals surface area contributed by atoms with Gasteiger partial charge in [0.05, 0.1) is 10.5 Å². The lowest BCUT2D eigenvalue weighted by Gasteiger charge is -2.36. The van der Waals surface area contributed by atoms with Crippen molar-refractivity contribution in [1.82, 2.24) is 9.88 Å². The molecule has 0 saturated carbocycles. The molecule has 1 N–H and O–H groups in total. The Balaban J connectivity index is 1.50. The lowest BCUT2D eigenvalue weighted by molar-refractivity contribution is 0.0745. The zero-order valence-corrected chi connectivity index (χ0v) is 19.8. The molecule has 0 radical (unpaired) electrons. The largest absolute Gasteiger partial charge is 0.352 e. The van der Waals surface area contributed by atoms with Crippen molar-refractivity contribution >= 4 is 27.4 Å². The van der Waals surface area contributed by atoms with Crippen molar-refractivity contribution in [3.05, 3.63) is 83.0 Å². The third-order valence-electron chi connectivity index (χ3n) is 5.83. The lowest BCUT2D eigenvalue weighted by atomic mass is 10.1. The van der Waals surface area contributed by atoms with Crippen LogP contribution < -0.4 is 9.62 Å². The summed E-state index contributed by atoms with van der Waals surface area (Å²) in [6, 6.07) is 17.2. The number of carbonyl (C=O) groups is 1. The third kappa shape index (κ3) is 4.87. The number of pyridine rings is 1. The van der Waals surface area contributed by atoms with Gasteiger partial charge in [-0.2, -0.15) is 5.26 Å². The Morgan fingerprint density at radius 1 is 1.03 bits per heavy atom. The van der Waals surface area contributed by atoms with E-state index in [-0.39, 0.29) is 10.8 Å². The number of piperazine rings is 1. The van der Waals surface area contributed by atoms with Crippen molar-refractivity contribution in [3.8, 4) is 6.07 Å². The van der Waals surface area contributed by atoms with E-state index >= 15 is 0 Å². The van der Waals surface area contributed by atoms with Crippen LogP contribution in [-0.2, 0) is 10.0 Å². The molecule has 1 aliphatic rings. The number of nitriles is 1. The van der Waals surface area contributed by atoms with E-state index in [1.165, 1.54) is 12.1 Å². The average molecular weight is 476 g/mol. The van der Waals surface area contributed by atoms with Gasteiger partial charge in [0.1, 0.15) is 11.9 Å². The van der Waals surface area contributed by atoms with Crippen molar-refractivity contribution < 1.29 is 13.2 Å². The van der Waals surface area contributed by atoms with Crippen LogP contribution in [-0.4, -0.2) is 50.4 Å². The fourth-order valence-corrected chi connectivity index (χ4v) is 4.95. The van der Waals surface area contributed by atoms with Crippen molar-refractivity contribution in [2.45, 2.75) is 18.7 Å². The van der Waals surface area contributed by atoms with Crippen LogP contribution in [0.15, 0.2) is 65.7 Å². The summed E-state index contributed by atoms with van der Waals surface area (Å²) >= 11 is 0. The molecule has 0 spiro atoms. The molecular weight excluding hydrogens is 450 g/mol. The molecule has 1 amide bonds. The molecule has 1 saturated heterocycles. The summed E-state index contributed by atoms with van der Waals surface area (Å²) in [4.78, 5) is 21.3. The first-order valence-electron chi connectivity index (χ1n) is 10.9. The van der Waals surface area contributed by atoms with E-state index in [4.69, 9.17) is 0 Å². The predicted octanol–water partition coefficient (Wildman–Crippen LogP) is 3.33. The Labute approximate surface area is 199 Å². The maximum Gasteiger partial charge on any atom is 0.261 e. The molecule has 1 aliphatic heterocycles. The molecule has 8 nitrogen and oxygen atoms in total. The van der Waals surface area contributed by atoms with Gasteiger partial charge in [0.25, 0.3) is 15.9 Å². The summed E-state index contributed by atoms with van der Waals surface area (Å²) in [5, 5.41) is 9.33. The van der Waals surface area contributed by atoms with Gasteiger partial charge in [-0.05, 0) is 55.8 Å². The zero-order valence-electron chi connectivity index (χ0n) is 19.0. The molecular formula is C25H25N5O3S. The van der Waals surface area contributed by atoms with E-state index in [9.17, 15) is 18.5 Å². The molecule has 9 heteroatoms. The maximum atomic E-state index is 13.3. The number of hydrogen-bond donors (Lipinski definition) is 1. The monoisotopic (exact) mass is 475 g/mol. The number of hydrogen-bond acceptors (Lipinski definition) is 6. The molecule has 0 aliphatic carbocycles. The highest BCUT2D eigenvalue weighted by Gasteiger charge is 2.26. The second-order valence-electron chi connectivity index (χ2n) is 8.21. The molecule has 34 heavy (non-hydrogen) atoms. The van der Waals surface area contributed by atoms with Gasteiger partial charge in [0.15, 0.2) is 0 Å². The van der Waals surface area contributed by atoms with Crippen molar-refractivity contribution in [1.29, 1.82) is 5.26 Å². The zero-order chi connectivity index (χ0) is 24.3. The number of carbonyl (C=O) groups excluding carboxylic acids is 1. The highest BCUT2D eigenvalue weighted by atomic mass is 32.2. The predicted molar refractivity (Wildman–Crippen MR) is 130 cm³/mol. The van der Waals surface area contributed by atoms with Crippen LogP contribution in [0.2, 0.25) is 0 Å². The second kappa shape index (κ2) is 9.53. The normalized spacial score (nSPS) is 13.9. The summed E-state index contributed by atoms with van der Waals surface area (Å²) in [5.74, 6) is 0.398. The number of nitrogens with zero attached hydrogens (tertiary/aromatic N) is 4. The molecule has 0 bridgehead atoms. The van der Waals surface area contributed by atoms with Crippen LogP contribution in [0, 0.1) is 25.2 Å². The summed E-state index contributed by atoms with van der Waals surface area (Å²) < 4.78 is 28.4. The SMILES string of the molecule is Cc1ccc(NS(=O)(=O)c2ccc(C)c(C(=O)N3CCN(c4ncccc4C#N)CC3)c2)cc1. The van der Waals surface area contributed by atoms with Gasteiger partial charge in [-0.25, -0.2) is 13.4 Å². The van der Waals surface area contributed by atoms with Gasteiger partial charge in [0, 0.05) is 43.6 Å². The number of amides is 1. The Morgan fingerprint density at radius 3 is 2.41 bits per heavy atom. The van der Waals surface area contributed by atoms with Crippen molar-refractivity contribution in [2.24, 2.45) is 0 Å². The highest BCUT2D eigenvalue weighted by Crippen LogP contribution is 2.23. The first kappa shape index (κ1) is 23.3. The molecule has 3 aromatic rings. The fourth-order valence-electron chi connectivity index (χ4n) is 3.86. The quantitative estimate of drug-likeness (QED) is 0.607. The number of aryl methyl sites for hydroxylation is 2. The van der Waals surface area contributed by atoms with E-state index in [1.807, 2.05) is 24.0 Å². The standard InChI is InChI=1S/C25H25N5O3S/c1-18-5-8-21(9-6-18)28-34(32,33)22-10-7-19(2)23(16-22)25(31)30-14-12-29(13-15-30)24-20(17-26)4-3-11-27-24/h3-11,16,28H,12-15H2,1-2H3. The van der Waals surface area contributed by atoms with Gasteiger partial charge in [-0.15, -0.1) is 0 Å². The minimum Gasteiger partial charge on any atom is -0.352 e. The molecule has 0 unspecified atom stereocenters. The Bertz CT molecular complexity index is 1360. The van der Waals surface area contributed by atoms with Crippen LogP contribution in [0.1, 0.15) is 27.0 Å². The Morgan fingerprint density at radius 2 is 1.74 bits per heavy atom. The third-order valence-corrected chi connectivity index (χ3v) is 7.21. The topological polar surface area (TPSA) is 106 Å². The Hall–Kier alpha value is -3.90. The van der Waals surface area contributed by atoms with E-state index in [0.717, 1.165) is 5.56 Å². The van der Waals surface area contributed by atoms with E-state index in [0.29, 0.717) is 54.4 Å². The van der Waals surface area contributed by atoms with Crippen LogP contribution in [0.3, 0.4) is 0 Å². The number of benzene rings is 2. The minimum atomic E-state index is -3.85. The number of sulfonamides is 1. The first-order chi connectivity index (χ1) is 16.3. The maximum absolute atomic E-state index is 13.3. The van der Waals surface area contributed by atoms with Gasteiger partial charge >= 0.3 is 0 Å². The molecule has 0 atom stereocenters. The fraction of sp³-hybridized carbons (Fsp3) is 0.240. The van der Waals surface area contributed by atoms with Gasteiger partial charge in [0.2, 0.25) is 0 Å². The molecule has 1 aromatic heterocycles. The van der Waals surface area contributed by atoms with Gasteiger partial charge in [-0.1, -0.05) is 23.8 Å². The molecule has 1 fully saturated rings. The van der Waals surface area contributed by atoms with E-state index < -0.39 is 10.0 Å². The van der Waals surface area contributed by atoms with Crippen molar-refractivity contribution in [3.63, 3.8) is 0 Å². The second-order valence-corrected chi connectivity index (χ2v) is 9.90. The first-order valence-corrected chi connectivity index (χ1v) is 12.4. The summed E-state index contributed by atoms with van der Waals surface area (Å²) in [6.07, 6.45) is 1.65. The minimum absolute atomic E-state index is 0.0350. The number of anilines is 2. The van der Waals surface area contributed by atoms with E-state index in [2.05, 4.69) is 15.8 Å². The van der Waals surface area contributed by atoms with E-state index in [1.54, 1.807) is 48.4 Å². The van der Waals surface area contributed by atoms with Gasteiger partial charge in [-0.3, -0.25) is 9.52 Å². The van der Waals surface area contributed by atoms with Crippen LogP contribution in [0.4, 0.5) is 11.5 Å². The van der Waals surface area contributed by atoms with Gasteiger partial charge < -0.3 is 9.80 Å². The molecule has 2 aromatic carbocycles. The van der Waals surface area contributed by atoms with Crippen LogP contribution >= 0.6 is 0 Å². The number of rotatable bonds is 5. The summed E-state index contributed by atoms with van der Waals surface area (Å²) in [5.41, 5.74) is 3.05. The summed E-state index contributed by atoms with van der Waals surface area (Å²) in [7, 11) is -3.85. The average Bonchev–Trinajstić information content (AvgIpc) is 2.85.